The lowest BCUT2D eigenvalue weighted by Gasteiger charge is -2.16. The van der Waals surface area contributed by atoms with E-state index < -0.39 is 47.5 Å². The number of hydrogen-bond donors (Lipinski definition) is 3. The van der Waals surface area contributed by atoms with Gasteiger partial charge in [-0.25, -0.2) is 9.59 Å². The van der Waals surface area contributed by atoms with Gasteiger partial charge in [0.05, 0.1) is 52.3 Å². The molecule has 0 radical (unpaired) electrons. The highest BCUT2D eigenvalue weighted by Gasteiger charge is 2.42. The third kappa shape index (κ3) is 5.21. The molecule has 0 spiro atoms. The number of esters is 1. The summed E-state index contributed by atoms with van der Waals surface area (Å²) >= 11 is 0. The Hall–Kier alpha value is -3.42. The first kappa shape index (κ1) is 25.2. The number of carbonyl (C=O) groups is 1. The van der Waals surface area contributed by atoms with Gasteiger partial charge in [0.15, 0.2) is 11.5 Å². The summed E-state index contributed by atoms with van der Waals surface area (Å²) in [5, 5.41) is 20.5. The van der Waals surface area contributed by atoms with E-state index in [-0.39, 0.29) is 36.6 Å². The van der Waals surface area contributed by atoms with Crippen molar-refractivity contribution in [3.05, 3.63) is 50.5 Å². The molecule has 2 heterocycles. The molecule has 1 aliphatic heterocycles. The molecule has 3 N–H and O–H groups in total. The first-order valence-electron chi connectivity index (χ1n) is 10.2. The number of aliphatic hydroxyl groups excluding tert-OH is 2. The summed E-state index contributed by atoms with van der Waals surface area (Å²) in [6, 6.07) is 2.84. The number of aromatic nitrogens is 2. The second kappa shape index (κ2) is 10.7. The lowest BCUT2D eigenvalue weighted by Crippen LogP contribution is -2.39. The Bertz CT molecular complexity index is 1120. The molecule has 13 heteroatoms. The SMILES string of the molecule is COc1cc(C(=O)OCCC2OC(Cn3cc(F)c(=O)[nH]c3=O)C(O)C2O)cc(OC)c1OC. The molecule has 0 saturated carbocycles. The van der Waals surface area contributed by atoms with Gasteiger partial charge in [0.1, 0.15) is 18.3 Å². The maximum absolute atomic E-state index is 13.5. The summed E-state index contributed by atoms with van der Waals surface area (Å²) in [4.78, 5) is 37.2. The van der Waals surface area contributed by atoms with Gasteiger partial charge >= 0.3 is 11.7 Å². The molecule has 1 aromatic carbocycles. The smallest absolute Gasteiger partial charge is 0.338 e. The van der Waals surface area contributed by atoms with E-state index in [4.69, 9.17) is 23.7 Å². The first-order valence-corrected chi connectivity index (χ1v) is 10.2. The van der Waals surface area contributed by atoms with Crippen molar-refractivity contribution in [3.8, 4) is 17.2 Å². The highest BCUT2D eigenvalue weighted by atomic mass is 19.1. The lowest BCUT2D eigenvalue weighted by atomic mass is 10.1. The maximum atomic E-state index is 13.5. The number of nitrogens with one attached hydrogen (secondary N) is 1. The van der Waals surface area contributed by atoms with E-state index in [2.05, 4.69) is 0 Å². The van der Waals surface area contributed by atoms with Gasteiger partial charge in [0, 0.05) is 6.42 Å². The molecule has 34 heavy (non-hydrogen) atoms. The first-order chi connectivity index (χ1) is 16.2. The van der Waals surface area contributed by atoms with Crippen molar-refractivity contribution in [3.63, 3.8) is 0 Å². The van der Waals surface area contributed by atoms with Gasteiger partial charge in [-0.3, -0.25) is 14.3 Å². The number of benzene rings is 1. The molecule has 1 fully saturated rings. The summed E-state index contributed by atoms with van der Waals surface area (Å²) in [6.07, 6.45) is -3.99. The van der Waals surface area contributed by atoms with E-state index in [0.717, 1.165) is 4.57 Å². The average Bonchev–Trinajstić information content (AvgIpc) is 3.09. The van der Waals surface area contributed by atoms with Gasteiger partial charge in [0.25, 0.3) is 5.56 Å². The zero-order chi connectivity index (χ0) is 25.0. The van der Waals surface area contributed by atoms with Gasteiger partial charge in [0.2, 0.25) is 11.6 Å². The zero-order valence-electron chi connectivity index (χ0n) is 18.6. The third-order valence-electron chi connectivity index (χ3n) is 5.34. The molecule has 4 unspecified atom stereocenters. The second-order valence-corrected chi connectivity index (χ2v) is 7.42. The zero-order valence-corrected chi connectivity index (χ0v) is 18.6. The minimum absolute atomic E-state index is 0.0276. The lowest BCUT2D eigenvalue weighted by molar-refractivity contribution is -0.0151. The van der Waals surface area contributed by atoms with Crippen LogP contribution in [0, 0.1) is 5.82 Å². The van der Waals surface area contributed by atoms with Crippen LogP contribution in [0.2, 0.25) is 0 Å². The van der Waals surface area contributed by atoms with E-state index in [1.807, 2.05) is 0 Å². The Kier molecular flexibility index (Phi) is 7.91. The highest BCUT2D eigenvalue weighted by Crippen LogP contribution is 2.38. The van der Waals surface area contributed by atoms with Gasteiger partial charge in [-0.2, -0.15) is 4.39 Å². The third-order valence-corrected chi connectivity index (χ3v) is 5.34. The van der Waals surface area contributed by atoms with E-state index in [1.165, 1.54) is 33.5 Å². The number of rotatable bonds is 9. The fraction of sp³-hybridized carbons (Fsp3) is 0.476. The van der Waals surface area contributed by atoms with Crippen LogP contribution in [0.5, 0.6) is 17.2 Å². The predicted octanol–water partition coefficient (Wildman–Crippen LogP) is -0.562. The molecular weight excluding hydrogens is 459 g/mol. The van der Waals surface area contributed by atoms with Crippen LogP contribution in [0.4, 0.5) is 4.39 Å². The Morgan fingerprint density at radius 2 is 1.71 bits per heavy atom. The minimum Gasteiger partial charge on any atom is -0.493 e. The van der Waals surface area contributed by atoms with E-state index in [1.54, 1.807) is 4.98 Å². The fourth-order valence-corrected chi connectivity index (χ4v) is 3.58. The van der Waals surface area contributed by atoms with Crippen LogP contribution in [0.25, 0.3) is 0 Å². The topological polar surface area (TPSA) is 159 Å². The Labute approximate surface area is 192 Å². The number of aromatic amines is 1. The summed E-state index contributed by atoms with van der Waals surface area (Å²) in [6.45, 7) is -0.476. The van der Waals surface area contributed by atoms with Crippen molar-refractivity contribution in [1.82, 2.24) is 9.55 Å². The quantitative estimate of drug-likeness (QED) is 0.394. The van der Waals surface area contributed by atoms with Gasteiger partial charge in [-0.15, -0.1) is 0 Å². The van der Waals surface area contributed by atoms with Crippen LogP contribution in [0.3, 0.4) is 0 Å². The van der Waals surface area contributed by atoms with Crippen molar-refractivity contribution in [1.29, 1.82) is 0 Å². The maximum Gasteiger partial charge on any atom is 0.338 e. The normalized spacial score (nSPS) is 21.8. The number of halogens is 1. The average molecular weight is 484 g/mol. The molecule has 0 amide bonds. The van der Waals surface area contributed by atoms with Crippen molar-refractivity contribution in [2.75, 3.05) is 27.9 Å². The van der Waals surface area contributed by atoms with Crippen molar-refractivity contribution < 1.29 is 43.1 Å². The second-order valence-electron chi connectivity index (χ2n) is 7.42. The molecule has 1 saturated heterocycles. The number of methoxy groups -OCH3 is 3. The molecule has 0 bridgehead atoms. The van der Waals surface area contributed by atoms with Crippen LogP contribution < -0.4 is 25.5 Å². The van der Waals surface area contributed by atoms with Crippen molar-refractivity contribution >= 4 is 5.97 Å². The minimum atomic E-state index is -1.39. The van der Waals surface area contributed by atoms with Crippen molar-refractivity contribution in [2.24, 2.45) is 0 Å². The Morgan fingerprint density at radius 3 is 2.29 bits per heavy atom. The molecule has 2 aromatic rings. The number of hydrogen-bond acceptors (Lipinski definition) is 10. The summed E-state index contributed by atoms with van der Waals surface area (Å²) in [5.74, 6) is -1.03. The summed E-state index contributed by atoms with van der Waals surface area (Å²) in [5.41, 5.74) is -1.92. The van der Waals surface area contributed by atoms with Gasteiger partial charge in [-0.05, 0) is 12.1 Å². The molecule has 12 nitrogen and oxygen atoms in total. The largest absolute Gasteiger partial charge is 0.493 e. The predicted molar refractivity (Wildman–Crippen MR) is 113 cm³/mol. The molecule has 0 aliphatic carbocycles. The molecule has 1 aromatic heterocycles. The summed E-state index contributed by atoms with van der Waals surface area (Å²) < 4.78 is 40.7. The van der Waals surface area contributed by atoms with Crippen LogP contribution in [0.15, 0.2) is 27.9 Å². The number of nitrogens with zero attached hydrogens (tertiary/aromatic N) is 1. The van der Waals surface area contributed by atoms with Crippen LogP contribution >= 0.6 is 0 Å². The molecule has 3 rings (SSSR count). The Balaban J connectivity index is 1.61. The van der Waals surface area contributed by atoms with Gasteiger partial charge < -0.3 is 33.9 Å². The fourth-order valence-electron chi connectivity index (χ4n) is 3.58. The monoisotopic (exact) mass is 484 g/mol. The number of ether oxygens (including phenoxy) is 5. The highest BCUT2D eigenvalue weighted by molar-refractivity contribution is 5.91. The van der Waals surface area contributed by atoms with Crippen molar-refractivity contribution in [2.45, 2.75) is 37.4 Å². The summed E-state index contributed by atoms with van der Waals surface area (Å²) in [7, 11) is 4.24. The molecule has 4 atom stereocenters. The van der Waals surface area contributed by atoms with E-state index >= 15 is 0 Å². The van der Waals surface area contributed by atoms with Crippen LogP contribution in [0.1, 0.15) is 16.8 Å². The number of H-pyrrole nitrogens is 1. The standard InChI is InChI=1S/C21H25FN2O10/c1-30-13-6-10(7-14(31-2)18(13)32-3)20(28)33-5-4-12-16(25)17(26)15(34-12)9-24-8-11(22)19(27)23-21(24)29/h6-8,12,15-17,25-26H,4-5,9H2,1-3H3,(H,23,27,29). The molecule has 186 valence electrons. The van der Waals surface area contributed by atoms with Crippen LogP contribution in [-0.4, -0.2) is 78.1 Å². The molecular formula is C21H25FN2O10. The van der Waals surface area contributed by atoms with E-state index in [9.17, 15) is 29.0 Å². The number of carbonyl (C=O) groups excluding carboxylic acids is 1. The van der Waals surface area contributed by atoms with E-state index in [0.29, 0.717) is 11.9 Å². The molecule has 1 aliphatic rings. The Morgan fingerprint density at radius 1 is 1.09 bits per heavy atom. The number of aliphatic hydroxyl groups is 2. The van der Waals surface area contributed by atoms with Gasteiger partial charge in [-0.1, -0.05) is 0 Å². The van der Waals surface area contributed by atoms with Crippen LogP contribution in [-0.2, 0) is 16.0 Å².